The molecule has 0 aliphatic heterocycles. The summed E-state index contributed by atoms with van der Waals surface area (Å²) in [6, 6.07) is 5.56. The van der Waals surface area contributed by atoms with Gasteiger partial charge >= 0.3 is 5.97 Å². The average molecular weight is 361 g/mol. The van der Waals surface area contributed by atoms with Gasteiger partial charge < -0.3 is 10.4 Å². The Labute approximate surface area is 120 Å². The SMILES string of the molecule is Cc1ccc(C(=O)NCCCCC(=O)O)cc1I. The normalized spacial score (nSPS) is 10.1. The van der Waals surface area contributed by atoms with E-state index < -0.39 is 5.97 Å². The number of carboxylic acids is 1. The third-order valence-electron chi connectivity index (χ3n) is 2.54. The van der Waals surface area contributed by atoms with E-state index in [4.69, 9.17) is 5.11 Å². The Morgan fingerprint density at radius 1 is 1.33 bits per heavy atom. The van der Waals surface area contributed by atoms with Crippen molar-refractivity contribution in [3.8, 4) is 0 Å². The lowest BCUT2D eigenvalue weighted by Gasteiger charge is -2.06. The average Bonchev–Trinajstić information content (AvgIpc) is 2.31. The molecule has 1 aromatic carbocycles. The number of carboxylic acid groups (broad SMARTS) is 1. The van der Waals surface area contributed by atoms with Crippen LogP contribution in [-0.2, 0) is 4.79 Å². The molecule has 1 rings (SSSR count). The van der Waals surface area contributed by atoms with E-state index in [0.717, 1.165) is 9.13 Å². The maximum Gasteiger partial charge on any atom is 0.303 e. The molecule has 18 heavy (non-hydrogen) atoms. The first kappa shape index (κ1) is 14.9. The van der Waals surface area contributed by atoms with E-state index in [0.29, 0.717) is 24.9 Å². The minimum absolute atomic E-state index is 0.108. The number of unbranched alkanes of at least 4 members (excludes halogenated alkanes) is 1. The number of halogens is 1. The van der Waals surface area contributed by atoms with Gasteiger partial charge in [-0.3, -0.25) is 9.59 Å². The topological polar surface area (TPSA) is 66.4 Å². The lowest BCUT2D eigenvalue weighted by molar-refractivity contribution is -0.137. The molecule has 0 aliphatic rings. The number of aryl methyl sites for hydroxylation is 1. The van der Waals surface area contributed by atoms with Crippen LogP contribution in [0.5, 0.6) is 0 Å². The van der Waals surface area contributed by atoms with Crippen molar-refractivity contribution in [2.45, 2.75) is 26.2 Å². The van der Waals surface area contributed by atoms with E-state index >= 15 is 0 Å². The Morgan fingerprint density at radius 3 is 2.67 bits per heavy atom. The quantitative estimate of drug-likeness (QED) is 0.605. The number of carbonyl (C=O) groups is 2. The number of aliphatic carboxylic acids is 1. The zero-order valence-corrected chi connectivity index (χ0v) is 12.4. The van der Waals surface area contributed by atoms with Gasteiger partial charge in [-0.05, 0) is 60.1 Å². The fourth-order valence-electron chi connectivity index (χ4n) is 1.44. The highest BCUT2D eigenvalue weighted by Crippen LogP contribution is 2.13. The van der Waals surface area contributed by atoms with E-state index in [-0.39, 0.29) is 12.3 Å². The van der Waals surface area contributed by atoms with Crippen LogP contribution >= 0.6 is 22.6 Å². The Hall–Kier alpha value is -1.11. The third kappa shape index (κ3) is 5.03. The summed E-state index contributed by atoms with van der Waals surface area (Å²) in [5.74, 6) is -0.905. The number of hydrogen-bond donors (Lipinski definition) is 2. The van der Waals surface area contributed by atoms with Gasteiger partial charge in [-0.15, -0.1) is 0 Å². The molecule has 2 N–H and O–H groups in total. The molecule has 0 unspecified atom stereocenters. The summed E-state index contributed by atoms with van der Waals surface area (Å²) in [5, 5.41) is 11.3. The van der Waals surface area contributed by atoms with Gasteiger partial charge in [0.15, 0.2) is 0 Å². The maximum atomic E-state index is 11.8. The molecule has 0 bridgehead atoms. The van der Waals surface area contributed by atoms with Crippen LogP contribution < -0.4 is 5.32 Å². The van der Waals surface area contributed by atoms with E-state index in [1.54, 1.807) is 6.07 Å². The van der Waals surface area contributed by atoms with Crippen molar-refractivity contribution in [3.63, 3.8) is 0 Å². The summed E-state index contributed by atoms with van der Waals surface area (Å²) < 4.78 is 1.06. The molecule has 0 saturated heterocycles. The molecule has 0 heterocycles. The van der Waals surface area contributed by atoms with Gasteiger partial charge in [0.1, 0.15) is 0 Å². The molecule has 0 saturated carbocycles. The molecular weight excluding hydrogens is 345 g/mol. The second kappa shape index (κ2) is 7.35. The second-order valence-electron chi connectivity index (χ2n) is 4.07. The molecule has 1 amide bonds. The minimum Gasteiger partial charge on any atom is -0.481 e. The first-order valence-electron chi connectivity index (χ1n) is 5.77. The maximum absolute atomic E-state index is 11.8. The van der Waals surface area contributed by atoms with Crippen LogP contribution in [0.25, 0.3) is 0 Å². The summed E-state index contributed by atoms with van der Waals surface area (Å²) in [6.07, 6.45) is 1.42. The molecular formula is C13H16INO3. The van der Waals surface area contributed by atoms with Crippen molar-refractivity contribution in [2.75, 3.05) is 6.54 Å². The number of amides is 1. The van der Waals surface area contributed by atoms with E-state index in [1.807, 2.05) is 19.1 Å². The fourth-order valence-corrected chi connectivity index (χ4v) is 1.95. The Morgan fingerprint density at radius 2 is 2.06 bits per heavy atom. The predicted octanol–water partition coefficient (Wildman–Crippen LogP) is 2.58. The molecule has 0 aliphatic carbocycles. The lowest BCUT2D eigenvalue weighted by atomic mass is 10.1. The summed E-state index contributed by atoms with van der Waals surface area (Å²) in [5.41, 5.74) is 1.79. The van der Waals surface area contributed by atoms with Gasteiger partial charge in [0.25, 0.3) is 5.91 Å². The Balaban J connectivity index is 2.36. The zero-order valence-electron chi connectivity index (χ0n) is 10.2. The first-order chi connectivity index (χ1) is 8.50. The highest BCUT2D eigenvalue weighted by Gasteiger charge is 2.06. The van der Waals surface area contributed by atoms with Crippen molar-refractivity contribution < 1.29 is 14.7 Å². The van der Waals surface area contributed by atoms with Crippen molar-refractivity contribution in [1.29, 1.82) is 0 Å². The standard InChI is InChI=1S/C13H16INO3/c1-9-5-6-10(8-11(9)14)13(18)15-7-3-2-4-12(16)17/h5-6,8H,2-4,7H2,1H3,(H,15,18)(H,16,17). The number of hydrogen-bond acceptors (Lipinski definition) is 2. The highest BCUT2D eigenvalue weighted by atomic mass is 127. The minimum atomic E-state index is -0.797. The van der Waals surface area contributed by atoms with Crippen LogP contribution in [0.1, 0.15) is 35.2 Å². The van der Waals surface area contributed by atoms with Gasteiger partial charge in [-0.25, -0.2) is 0 Å². The molecule has 5 heteroatoms. The van der Waals surface area contributed by atoms with Gasteiger partial charge in [-0.2, -0.15) is 0 Å². The van der Waals surface area contributed by atoms with E-state index in [9.17, 15) is 9.59 Å². The third-order valence-corrected chi connectivity index (χ3v) is 3.70. The smallest absolute Gasteiger partial charge is 0.303 e. The molecule has 0 radical (unpaired) electrons. The van der Waals surface area contributed by atoms with Gasteiger partial charge in [0.05, 0.1) is 0 Å². The van der Waals surface area contributed by atoms with Crippen molar-refractivity contribution in [2.24, 2.45) is 0 Å². The van der Waals surface area contributed by atoms with Crippen LogP contribution in [0.4, 0.5) is 0 Å². The molecule has 0 spiro atoms. The van der Waals surface area contributed by atoms with Crippen LogP contribution in [-0.4, -0.2) is 23.5 Å². The summed E-state index contributed by atoms with van der Waals surface area (Å²) in [7, 11) is 0. The second-order valence-corrected chi connectivity index (χ2v) is 5.23. The molecule has 0 aromatic heterocycles. The highest BCUT2D eigenvalue weighted by molar-refractivity contribution is 14.1. The lowest BCUT2D eigenvalue weighted by Crippen LogP contribution is -2.24. The van der Waals surface area contributed by atoms with Crippen molar-refractivity contribution in [1.82, 2.24) is 5.32 Å². The van der Waals surface area contributed by atoms with Crippen LogP contribution in [0.15, 0.2) is 18.2 Å². The van der Waals surface area contributed by atoms with Crippen molar-refractivity contribution in [3.05, 3.63) is 32.9 Å². The van der Waals surface area contributed by atoms with Crippen LogP contribution in [0.3, 0.4) is 0 Å². The van der Waals surface area contributed by atoms with Crippen molar-refractivity contribution >= 4 is 34.5 Å². The van der Waals surface area contributed by atoms with Gasteiger partial charge in [0.2, 0.25) is 0 Å². The van der Waals surface area contributed by atoms with E-state index in [1.165, 1.54) is 0 Å². The molecule has 0 atom stereocenters. The zero-order chi connectivity index (χ0) is 13.5. The van der Waals surface area contributed by atoms with Crippen LogP contribution in [0.2, 0.25) is 0 Å². The monoisotopic (exact) mass is 361 g/mol. The summed E-state index contributed by atoms with van der Waals surface area (Å²) in [4.78, 5) is 22.1. The van der Waals surface area contributed by atoms with Gasteiger partial charge in [-0.1, -0.05) is 6.07 Å². The van der Waals surface area contributed by atoms with E-state index in [2.05, 4.69) is 27.9 Å². The first-order valence-corrected chi connectivity index (χ1v) is 6.84. The van der Waals surface area contributed by atoms with Gasteiger partial charge in [0, 0.05) is 22.1 Å². The predicted molar refractivity (Wildman–Crippen MR) is 77.7 cm³/mol. The number of rotatable bonds is 6. The Bertz CT molecular complexity index is 446. The molecule has 4 nitrogen and oxygen atoms in total. The Kier molecular flexibility index (Phi) is 6.11. The molecule has 0 fully saturated rings. The largest absolute Gasteiger partial charge is 0.481 e. The fraction of sp³-hybridized carbons (Fsp3) is 0.385. The summed E-state index contributed by atoms with van der Waals surface area (Å²) >= 11 is 2.20. The van der Waals surface area contributed by atoms with Crippen LogP contribution in [0, 0.1) is 10.5 Å². The molecule has 1 aromatic rings. The summed E-state index contributed by atoms with van der Waals surface area (Å²) in [6.45, 7) is 2.51. The number of benzene rings is 1. The molecule has 98 valence electrons. The number of carbonyl (C=O) groups excluding carboxylic acids is 1. The number of nitrogens with one attached hydrogen (secondary N) is 1.